The Kier molecular flexibility index (Phi) is 3.55. The molecule has 0 aromatic rings. The second kappa shape index (κ2) is 4.43. The summed E-state index contributed by atoms with van der Waals surface area (Å²) in [6.45, 7) is 9.94. The van der Waals surface area contributed by atoms with Crippen molar-refractivity contribution < 1.29 is 9.90 Å². The molecule has 0 aromatic carbocycles. The molecule has 1 heterocycles. The first-order valence-corrected chi connectivity index (χ1v) is 5.81. The largest absolute Gasteiger partial charge is 0.478 e. The van der Waals surface area contributed by atoms with Crippen LogP contribution in [0.1, 0.15) is 41.0 Å². The van der Waals surface area contributed by atoms with Crippen LogP contribution in [0.5, 0.6) is 0 Å². The van der Waals surface area contributed by atoms with E-state index in [9.17, 15) is 9.90 Å². The van der Waals surface area contributed by atoms with E-state index < -0.39 is 5.97 Å². The van der Waals surface area contributed by atoms with Gasteiger partial charge in [-0.2, -0.15) is 0 Å². The first-order chi connectivity index (χ1) is 7.63. The molecule has 1 rings (SSSR count). The summed E-state index contributed by atoms with van der Waals surface area (Å²) in [6.07, 6.45) is 0.733. The summed E-state index contributed by atoms with van der Waals surface area (Å²) in [5.74, 6) is -1.09. The van der Waals surface area contributed by atoms with Crippen LogP contribution in [0, 0.1) is 11.3 Å². The van der Waals surface area contributed by atoms with Gasteiger partial charge in [0.2, 0.25) is 0 Å². The predicted octanol–water partition coefficient (Wildman–Crippen LogP) is 2.19. The number of dihydropyridines is 1. The lowest BCUT2D eigenvalue weighted by Crippen LogP contribution is -2.34. The van der Waals surface area contributed by atoms with Crippen molar-refractivity contribution in [2.75, 3.05) is 0 Å². The maximum absolute atomic E-state index is 11.3. The number of carboxylic acid groups (broad SMARTS) is 1. The van der Waals surface area contributed by atoms with Gasteiger partial charge in [-0.3, -0.25) is 0 Å². The summed E-state index contributed by atoms with van der Waals surface area (Å²) in [7, 11) is 0. The van der Waals surface area contributed by atoms with Gasteiger partial charge in [-0.15, -0.1) is 0 Å². The van der Waals surface area contributed by atoms with E-state index >= 15 is 0 Å². The minimum absolute atomic E-state index is 0.0356. The fraction of sp³-hybridized carbons (Fsp3) is 0.615. The van der Waals surface area contributed by atoms with E-state index in [-0.39, 0.29) is 11.3 Å². The van der Waals surface area contributed by atoms with E-state index in [1.807, 2.05) is 6.92 Å². The van der Waals surface area contributed by atoms with E-state index in [2.05, 4.69) is 26.1 Å². The summed E-state index contributed by atoms with van der Waals surface area (Å²) in [5, 5.41) is 12.3. The molecule has 17 heavy (non-hydrogen) atoms. The van der Waals surface area contributed by atoms with Crippen molar-refractivity contribution >= 4 is 5.97 Å². The number of carbonyl (C=O) groups is 1. The number of hydrogen-bond donors (Lipinski definition) is 3. The Morgan fingerprint density at radius 2 is 1.88 bits per heavy atom. The molecule has 1 aliphatic rings. The van der Waals surface area contributed by atoms with Crippen molar-refractivity contribution in [3.05, 3.63) is 22.7 Å². The van der Waals surface area contributed by atoms with Gasteiger partial charge in [0, 0.05) is 23.0 Å². The minimum atomic E-state index is -0.889. The van der Waals surface area contributed by atoms with Crippen LogP contribution in [0.15, 0.2) is 22.7 Å². The van der Waals surface area contributed by atoms with Crippen molar-refractivity contribution in [1.29, 1.82) is 0 Å². The Labute approximate surface area is 103 Å². The molecule has 1 aliphatic heterocycles. The lowest BCUT2D eigenvalue weighted by atomic mass is 9.77. The van der Waals surface area contributed by atoms with Crippen LogP contribution in [-0.2, 0) is 4.79 Å². The highest BCUT2D eigenvalue weighted by Crippen LogP contribution is 2.36. The van der Waals surface area contributed by atoms with Crippen LogP contribution in [0.4, 0.5) is 0 Å². The van der Waals surface area contributed by atoms with Crippen molar-refractivity contribution in [2.45, 2.75) is 41.0 Å². The zero-order valence-corrected chi connectivity index (χ0v) is 11.2. The molecular formula is C13H22N2O2. The average molecular weight is 238 g/mol. The number of aliphatic carboxylic acids is 1. The van der Waals surface area contributed by atoms with Crippen molar-refractivity contribution in [3.63, 3.8) is 0 Å². The van der Waals surface area contributed by atoms with E-state index in [0.717, 1.165) is 12.1 Å². The van der Waals surface area contributed by atoms with Crippen LogP contribution in [0.2, 0.25) is 0 Å². The van der Waals surface area contributed by atoms with E-state index in [0.29, 0.717) is 17.0 Å². The van der Waals surface area contributed by atoms with Crippen molar-refractivity contribution in [3.8, 4) is 0 Å². The van der Waals surface area contributed by atoms with Crippen LogP contribution in [0.25, 0.3) is 0 Å². The Morgan fingerprint density at radius 3 is 2.29 bits per heavy atom. The molecule has 0 fully saturated rings. The topological polar surface area (TPSA) is 75.4 Å². The van der Waals surface area contributed by atoms with Crippen LogP contribution in [0.3, 0.4) is 0 Å². The lowest BCUT2D eigenvalue weighted by molar-refractivity contribution is -0.133. The maximum Gasteiger partial charge on any atom is 0.334 e. The zero-order valence-electron chi connectivity index (χ0n) is 11.2. The van der Waals surface area contributed by atoms with Gasteiger partial charge in [0.1, 0.15) is 0 Å². The monoisotopic (exact) mass is 238 g/mol. The zero-order chi connectivity index (χ0) is 13.4. The Bertz CT molecular complexity index is 400. The number of allylic oxidation sites excluding steroid dienone is 3. The molecule has 0 aliphatic carbocycles. The lowest BCUT2D eigenvalue weighted by Gasteiger charge is -2.32. The molecule has 4 N–H and O–H groups in total. The van der Waals surface area contributed by atoms with Crippen LogP contribution < -0.4 is 11.1 Å². The molecule has 0 aromatic heterocycles. The van der Waals surface area contributed by atoms with E-state index in [1.165, 1.54) is 0 Å². The summed E-state index contributed by atoms with van der Waals surface area (Å²) >= 11 is 0. The fourth-order valence-electron chi connectivity index (χ4n) is 2.23. The molecule has 96 valence electrons. The van der Waals surface area contributed by atoms with Gasteiger partial charge in [-0.05, 0) is 25.7 Å². The summed E-state index contributed by atoms with van der Waals surface area (Å²) < 4.78 is 0. The minimum Gasteiger partial charge on any atom is -0.478 e. The first-order valence-electron chi connectivity index (χ1n) is 5.81. The van der Waals surface area contributed by atoms with Crippen molar-refractivity contribution in [1.82, 2.24) is 5.32 Å². The third kappa shape index (κ3) is 3.02. The molecule has 4 heteroatoms. The molecule has 0 saturated carbocycles. The number of nitrogens with one attached hydrogen (secondary N) is 1. The smallest absolute Gasteiger partial charge is 0.334 e. The third-order valence-corrected chi connectivity index (χ3v) is 2.98. The molecule has 0 saturated heterocycles. The van der Waals surface area contributed by atoms with Gasteiger partial charge in [-0.25, -0.2) is 4.79 Å². The quantitative estimate of drug-likeness (QED) is 0.689. The second-order valence-corrected chi connectivity index (χ2v) is 5.87. The molecule has 0 bridgehead atoms. The molecule has 1 atom stereocenters. The normalized spacial score (nSPS) is 21.6. The Morgan fingerprint density at radius 1 is 1.35 bits per heavy atom. The van der Waals surface area contributed by atoms with E-state index in [1.54, 1.807) is 6.92 Å². The summed E-state index contributed by atoms with van der Waals surface area (Å²) in [5.41, 5.74) is 8.66. The summed E-state index contributed by atoms with van der Waals surface area (Å²) in [4.78, 5) is 11.3. The van der Waals surface area contributed by atoms with Gasteiger partial charge < -0.3 is 16.2 Å². The Hall–Kier alpha value is -1.45. The standard InChI is InChI=1S/C13H22N2O2/c1-7-10(12(16)17)9(6-13(3,4)5)11(14)8(2)15-7/h9,15H,6,14H2,1-5H3,(H,16,17). The van der Waals surface area contributed by atoms with Gasteiger partial charge in [-0.1, -0.05) is 20.8 Å². The number of nitrogens with two attached hydrogens (primary N) is 1. The molecule has 0 radical (unpaired) electrons. The van der Waals surface area contributed by atoms with E-state index in [4.69, 9.17) is 5.73 Å². The fourth-order valence-corrected chi connectivity index (χ4v) is 2.23. The number of rotatable bonds is 2. The molecule has 0 amide bonds. The number of carboxylic acids is 1. The number of hydrogen-bond acceptors (Lipinski definition) is 3. The van der Waals surface area contributed by atoms with Crippen molar-refractivity contribution in [2.24, 2.45) is 17.1 Å². The van der Waals surface area contributed by atoms with Gasteiger partial charge in [0.25, 0.3) is 0 Å². The average Bonchev–Trinajstić information content (AvgIpc) is 2.10. The maximum atomic E-state index is 11.3. The molecule has 0 spiro atoms. The molecule has 4 nitrogen and oxygen atoms in total. The highest BCUT2D eigenvalue weighted by molar-refractivity contribution is 5.89. The van der Waals surface area contributed by atoms with Gasteiger partial charge in [0.05, 0.1) is 5.57 Å². The van der Waals surface area contributed by atoms with Crippen LogP contribution in [-0.4, -0.2) is 11.1 Å². The molecular weight excluding hydrogens is 216 g/mol. The second-order valence-electron chi connectivity index (χ2n) is 5.87. The van der Waals surface area contributed by atoms with Crippen LogP contribution >= 0.6 is 0 Å². The first kappa shape index (κ1) is 13.6. The third-order valence-electron chi connectivity index (χ3n) is 2.98. The predicted molar refractivity (Wildman–Crippen MR) is 67.9 cm³/mol. The Balaban J connectivity index is 3.17. The SMILES string of the molecule is CC1=C(N)C(CC(C)(C)C)C(C(=O)O)=C(C)N1. The highest BCUT2D eigenvalue weighted by Gasteiger charge is 2.33. The molecule has 1 unspecified atom stereocenters. The van der Waals surface area contributed by atoms with Gasteiger partial charge >= 0.3 is 5.97 Å². The van der Waals surface area contributed by atoms with Gasteiger partial charge in [0.15, 0.2) is 0 Å². The highest BCUT2D eigenvalue weighted by atomic mass is 16.4. The summed E-state index contributed by atoms with van der Waals surface area (Å²) in [6, 6.07) is 0.